The van der Waals surface area contributed by atoms with E-state index in [1.807, 2.05) is 29.5 Å². The molecule has 0 spiro atoms. The van der Waals surface area contributed by atoms with Gasteiger partial charge in [-0.1, -0.05) is 4.49 Å². The van der Waals surface area contributed by atoms with Crippen LogP contribution in [0.1, 0.15) is 12.6 Å². The topological polar surface area (TPSA) is 72.7 Å². The summed E-state index contributed by atoms with van der Waals surface area (Å²) in [7, 11) is 0. The van der Waals surface area contributed by atoms with Gasteiger partial charge in [-0.3, -0.25) is 9.36 Å². The molecule has 0 fully saturated rings. The molecule has 6 nitrogen and oxygen atoms in total. The minimum atomic E-state index is -0.0592. The van der Waals surface area contributed by atoms with Crippen molar-refractivity contribution in [1.82, 2.24) is 19.1 Å². The molecule has 2 aromatic rings. The predicted octanol–water partition coefficient (Wildman–Crippen LogP) is 1.18. The van der Waals surface area contributed by atoms with Crippen molar-refractivity contribution in [3.8, 4) is 0 Å². The molecule has 90 valence electrons. The molecule has 0 saturated carbocycles. The van der Waals surface area contributed by atoms with Crippen molar-refractivity contribution in [2.24, 2.45) is 0 Å². The first-order chi connectivity index (χ1) is 8.22. The molecule has 0 saturated heterocycles. The van der Waals surface area contributed by atoms with Crippen LogP contribution >= 0.6 is 34.1 Å². The Morgan fingerprint density at radius 1 is 1.59 bits per heavy atom. The molecular formula is C9H10IN5OS. The molecule has 0 aromatic carbocycles. The van der Waals surface area contributed by atoms with E-state index in [4.69, 9.17) is 0 Å². The maximum absolute atomic E-state index is 11.8. The molecule has 1 N–H and O–H groups in total. The molecule has 0 unspecified atom stereocenters. The molecule has 2 heterocycles. The summed E-state index contributed by atoms with van der Waals surface area (Å²) >= 11 is 3.27. The van der Waals surface area contributed by atoms with Crippen molar-refractivity contribution in [3.63, 3.8) is 0 Å². The van der Waals surface area contributed by atoms with Gasteiger partial charge in [0, 0.05) is 24.3 Å². The summed E-state index contributed by atoms with van der Waals surface area (Å²) in [6.07, 6.45) is 3.06. The first-order valence-electron chi connectivity index (χ1n) is 4.97. The van der Waals surface area contributed by atoms with E-state index in [1.54, 1.807) is 6.20 Å². The Kier molecular flexibility index (Phi) is 4.05. The number of halogens is 1. The lowest BCUT2D eigenvalue weighted by molar-refractivity contribution is 0.711. The molecule has 0 amide bonds. The van der Waals surface area contributed by atoms with Crippen LogP contribution in [-0.2, 0) is 6.54 Å². The second kappa shape index (κ2) is 5.54. The summed E-state index contributed by atoms with van der Waals surface area (Å²) in [6, 6.07) is 0. The molecular weight excluding hydrogens is 353 g/mol. The van der Waals surface area contributed by atoms with Crippen molar-refractivity contribution in [2.75, 3.05) is 11.9 Å². The van der Waals surface area contributed by atoms with Crippen molar-refractivity contribution >= 4 is 39.1 Å². The second-order valence-electron chi connectivity index (χ2n) is 3.25. The Bertz CT molecular complexity index is 567. The van der Waals surface area contributed by atoms with Gasteiger partial charge in [0.05, 0.1) is 16.4 Å². The number of hydrogen-bond donors (Lipinski definition) is 1. The molecule has 17 heavy (non-hydrogen) atoms. The van der Waals surface area contributed by atoms with E-state index < -0.39 is 0 Å². The highest BCUT2D eigenvalue weighted by atomic mass is 127. The lowest BCUT2D eigenvalue weighted by Crippen LogP contribution is -2.23. The third kappa shape index (κ3) is 2.80. The predicted molar refractivity (Wildman–Crippen MR) is 74.4 cm³/mol. The Morgan fingerprint density at radius 2 is 2.41 bits per heavy atom. The first-order valence-corrected chi connectivity index (χ1v) is 6.82. The van der Waals surface area contributed by atoms with Gasteiger partial charge < -0.3 is 5.32 Å². The van der Waals surface area contributed by atoms with Gasteiger partial charge in [0.25, 0.3) is 5.56 Å². The normalized spacial score (nSPS) is 10.5. The third-order valence-electron chi connectivity index (χ3n) is 2.07. The van der Waals surface area contributed by atoms with Gasteiger partial charge in [-0.05, 0) is 29.5 Å². The van der Waals surface area contributed by atoms with E-state index in [-0.39, 0.29) is 5.56 Å². The standard InChI is InChI=1S/C9H10IN5OS/c1-2-12-8-7(13-14-17-8)4-15-5-11-3-6(10)9(15)16/h3,5,12H,2,4H2,1H3. The fourth-order valence-electron chi connectivity index (χ4n) is 1.30. The van der Waals surface area contributed by atoms with E-state index in [9.17, 15) is 4.79 Å². The number of nitrogens with zero attached hydrogens (tertiary/aromatic N) is 4. The lowest BCUT2D eigenvalue weighted by Gasteiger charge is -2.05. The summed E-state index contributed by atoms with van der Waals surface area (Å²) in [5, 5.41) is 8.08. The summed E-state index contributed by atoms with van der Waals surface area (Å²) < 4.78 is 6.00. The minimum Gasteiger partial charge on any atom is -0.374 e. The highest BCUT2D eigenvalue weighted by Gasteiger charge is 2.09. The fraction of sp³-hybridized carbons (Fsp3) is 0.333. The quantitative estimate of drug-likeness (QED) is 0.826. The van der Waals surface area contributed by atoms with E-state index in [2.05, 4.69) is 19.9 Å². The maximum atomic E-state index is 11.8. The van der Waals surface area contributed by atoms with Crippen LogP contribution in [0.15, 0.2) is 17.3 Å². The first kappa shape index (κ1) is 12.4. The van der Waals surface area contributed by atoms with Gasteiger partial charge in [-0.2, -0.15) is 0 Å². The van der Waals surface area contributed by atoms with Crippen LogP contribution in [0.2, 0.25) is 0 Å². The fourth-order valence-corrected chi connectivity index (χ4v) is 2.42. The molecule has 0 aliphatic rings. The Hall–Kier alpha value is -1.03. The highest BCUT2D eigenvalue weighted by molar-refractivity contribution is 14.1. The van der Waals surface area contributed by atoms with Crippen LogP contribution in [0.3, 0.4) is 0 Å². The van der Waals surface area contributed by atoms with Crippen LogP contribution in [-0.4, -0.2) is 25.7 Å². The molecule has 2 rings (SSSR count). The zero-order valence-electron chi connectivity index (χ0n) is 9.05. The van der Waals surface area contributed by atoms with Crippen LogP contribution in [0, 0.1) is 3.57 Å². The van der Waals surface area contributed by atoms with Gasteiger partial charge in [0.1, 0.15) is 10.7 Å². The molecule has 8 heteroatoms. The van der Waals surface area contributed by atoms with Gasteiger partial charge >= 0.3 is 0 Å². The molecule has 0 bridgehead atoms. The summed E-state index contributed by atoms with van der Waals surface area (Å²) in [5.41, 5.74) is 0.707. The highest BCUT2D eigenvalue weighted by Crippen LogP contribution is 2.17. The molecule has 0 radical (unpaired) electrons. The average molecular weight is 363 g/mol. The SMILES string of the molecule is CCNc1snnc1Cn1cncc(I)c1=O. The number of anilines is 1. The van der Waals surface area contributed by atoms with Gasteiger partial charge in [0.2, 0.25) is 0 Å². The monoisotopic (exact) mass is 363 g/mol. The van der Waals surface area contributed by atoms with Crippen LogP contribution in [0.4, 0.5) is 5.00 Å². The zero-order valence-corrected chi connectivity index (χ0v) is 12.0. The third-order valence-corrected chi connectivity index (χ3v) is 3.54. The maximum Gasteiger partial charge on any atom is 0.267 e. The van der Waals surface area contributed by atoms with Crippen molar-refractivity contribution in [2.45, 2.75) is 13.5 Å². The van der Waals surface area contributed by atoms with Crippen molar-refractivity contribution < 1.29 is 0 Å². The molecule has 0 aliphatic heterocycles. The Labute approximate surface area is 115 Å². The van der Waals surface area contributed by atoms with E-state index in [1.165, 1.54) is 22.4 Å². The number of nitrogens with one attached hydrogen (secondary N) is 1. The number of hydrogen-bond acceptors (Lipinski definition) is 6. The molecule has 0 atom stereocenters. The molecule has 2 aromatic heterocycles. The van der Waals surface area contributed by atoms with Crippen LogP contribution in [0.25, 0.3) is 0 Å². The lowest BCUT2D eigenvalue weighted by atomic mass is 10.4. The molecule has 0 aliphatic carbocycles. The van der Waals surface area contributed by atoms with Gasteiger partial charge in [0.15, 0.2) is 0 Å². The van der Waals surface area contributed by atoms with Crippen LogP contribution < -0.4 is 10.9 Å². The Morgan fingerprint density at radius 3 is 3.18 bits per heavy atom. The average Bonchev–Trinajstić information content (AvgIpc) is 2.73. The summed E-state index contributed by atoms with van der Waals surface area (Å²) in [6.45, 7) is 3.19. The van der Waals surface area contributed by atoms with Gasteiger partial charge in [-0.15, -0.1) is 5.10 Å². The van der Waals surface area contributed by atoms with Crippen molar-refractivity contribution in [3.05, 3.63) is 32.1 Å². The van der Waals surface area contributed by atoms with Crippen LogP contribution in [0.5, 0.6) is 0 Å². The summed E-state index contributed by atoms with van der Waals surface area (Å²) in [5.74, 6) is 0. The Balaban J connectivity index is 2.28. The minimum absolute atomic E-state index is 0.0592. The largest absolute Gasteiger partial charge is 0.374 e. The number of aromatic nitrogens is 4. The number of rotatable bonds is 4. The zero-order chi connectivity index (χ0) is 12.3. The van der Waals surface area contributed by atoms with E-state index in [0.29, 0.717) is 10.1 Å². The van der Waals surface area contributed by atoms with Crippen molar-refractivity contribution in [1.29, 1.82) is 0 Å². The van der Waals surface area contributed by atoms with Gasteiger partial charge in [-0.25, -0.2) is 4.98 Å². The second-order valence-corrected chi connectivity index (χ2v) is 5.17. The van der Waals surface area contributed by atoms with E-state index >= 15 is 0 Å². The van der Waals surface area contributed by atoms with E-state index in [0.717, 1.165) is 17.2 Å². The smallest absolute Gasteiger partial charge is 0.267 e. The summed E-state index contributed by atoms with van der Waals surface area (Å²) in [4.78, 5) is 15.8.